The van der Waals surface area contributed by atoms with E-state index in [1.807, 2.05) is 0 Å². The van der Waals surface area contributed by atoms with Crippen molar-refractivity contribution >= 4 is 0 Å². The highest BCUT2D eigenvalue weighted by atomic mass is 19.4. The Kier molecular flexibility index (Phi) is 4.27. The average Bonchev–Trinajstić information content (AvgIpc) is 3.12. The minimum absolute atomic E-state index is 0.583. The van der Waals surface area contributed by atoms with Gasteiger partial charge in [-0.15, -0.1) is 0 Å². The number of nitrogens with one attached hydrogen (secondary N) is 1. The molecular weight excluding hydrogens is 239 g/mol. The van der Waals surface area contributed by atoms with Gasteiger partial charge in [0.15, 0.2) is 0 Å². The SMILES string of the molecule is FC(F)(F)c1ccc(CNCCCC2CC2)cc1. The van der Waals surface area contributed by atoms with E-state index in [1.54, 1.807) is 0 Å². The minimum atomic E-state index is -4.24. The molecule has 0 bridgehead atoms. The minimum Gasteiger partial charge on any atom is -0.313 e. The maximum Gasteiger partial charge on any atom is 0.416 e. The molecule has 0 saturated heterocycles. The van der Waals surface area contributed by atoms with Crippen LogP contribution in [-0.2, 0) is 12.7 Å². The van der Waals surface area contributed by atoms with Crippen molar-refractivity contribution in [3.8, 4) is 0 Å². The molecule has 4 heteroatoms. The third-order valence-corrected chi connectivity index (χ3v) is 3.27. The van der Waals surface area contributed by atoms with Crippen LogP contribution in [0.25, 0.3) is 0 Å². The van der Waals surface area contributed by atoms with Crippen LogP contribution in [-0.4, -0.2) is 6.54 Å². The number of hydrogen-bond acceptors (Lipinski definition) is 1. The van der Waals surface area contributed by atoms with Crippen LogP contribution in [0.2, 0.25) is 0 Å². The molecule has 1 N–H and O–H groups in total. The fourth-order valence-electron chi connectivity index (χ4n) is 1.97. The number of hydrogen-bond donors (Lipinski definition) is 1. The van der Waals surface area contributed by atoms with Gasteiger partial charge in [-0.25, -0.2) is 0 Å². The van der Waals surface area contributed by atoms with Crippen molar-refractivity contribution in [3.63, 3.8) is 0 Å². The third kappa shape index (κ3) is 4.33. The van der Waals surface area contributed by atoms with Crippen molar-refractivity contribution in [1.82, 2.24) is 5.32 Å². The molecule has 18 heavy (non-hydrogen) atoms. The van der Waals surface area contributed by atoms with Gasteiger partial charge in [0.1, 0.15) is 0 Å². The van der Waals surface area contributed by atoms with Crippen molar-refractivity contribution in [1.29, 1.82) is 0 Å². The zero-order chi connectivity index (χ0) is 13.0. The average molecular weight is 257 g/mol. The maximum atomic E-state index is 12.3. The molecule has 1 aromatic carbocycles. The molecule has 0 aliphatic heterocycles. The third-order valence-electron chi connectivity index (χ3n) is 3.27. The Labute approximate surface area is 105 Å². The van der Waals surface area contributed by atoms with Gasteiger partial charge in [0, 0.05) is 6.54 Å². The first-order valence-electron chi connectivity index (χ1n) is 6.42. The summed E-state index contributed by atoms with van der Waals surface area (Å²) in [6.07, 6.45) is 0.944. The lowest BCUT2D eigenvalue weighted by atomic mass is 10.1. The Morgan fingerprint density at radius 1 is 1.11 bits per heavy atom. The van der Waals surface area contributed by atoms with E-state index in [1.165, 1.54) is 31.4 Å². The Balaban J connectivity index is 1.69. The molecule has 1 fully saturated rings. The summed E-state index contributed by atoms with van der Waals surface area (Å²) in [5, 5.41) is 3.26. The number of halogens is 3. The van der Waals surface area contributed by atoms with Crippen molar-refractivity contribution in [2.45, 2.75) is 38.4 Å². The van der Waals surface area contributed by atoms with Gasteiger partial charge in [0.05, 0.1) is 5.56 Å². The second-order valence-electron chi connectivity index (χ2n) is 4.96. The van der Waals surface area contributed by atoms with Gasteiger partial charge >= 0.3 is 6.18 Å². The highest BCUT2D eigenvalue weighted by Gasteiger charge is 2.29. The van der Waals surface area contributed by atoms with E-state index in [-0.39, 0.29) is 0 Å². The summed E-state index contributed by atoms with van der Waals surface area (Å²) in [6.45, 7) is 1.58. The molecule has 1 aliphatic rings. The van der Waals surface area contributed by atoms with Crippen LogP contribution in [0.5, 0.6) is 0 Å². The monoisotopic (exact) mass is 257 g/mol. The van der Waals surface area contributed by atoms with Crippen molar-refractivity contribution in [2.24, 2.45) is 5.92 Å². The highest BCUT2D eigenvalue weighted by molar-refractivity contribution is 5.24. The van der Waals surface area contributed by atoms with E-state index in [2.05, 4.69) is 5.32 Å². The predicted molar refractivity (Wildman–Crippen MR) is 65.1 cm³/mol. The first-order valence-corrected chi connectivity index (χ1v) is 6.42. The molecule has 0 heterocycles. The summed E-state index contributed by atoms with van der Waals surface area (Å²) in [4.78, 5) is 0. The molecule has 0 spiro atoms. The Morgan fingerprint density at radius 3 is 2.33 bits per heavy atom. The standard InChI is InChI=1S/C14H18F3N/c15-14(16,17)13-7-5-12(6-8-13)10-18-9-1-2-11-3-4-11/h5-8,11,18H,1-4,9-10H2. The molecule has 0 aromatic heterocycles. The van der Waals surface area contributed by atoms with Gasteiger partial charge < -0.3 is 5.32 Å². The highest BCUT2D eigenvalue weighted by Crippen LogP contribution is 2.33. The summed E-state index contributed by atoms with van der Waals surface area (Å²) in [6, 6.07) is 5.36. The fourth-order valence-corrected chi connectivity index (χ4v) is 1.97. The van der Waals surface area contributed by atoms with Gasteiger partial charge in [-0.05, 0) is 43.0 Å². The molecule has 100 valence electrons. The largest absolute Gasteiger partial charge is 0.416 e. The van der Waals surface area contributed by atoms with Crippen molar-refractivity contribution in [2.75, 3.05) is 6.54 Å². The molecule has 1 nitrogen and oxygen atoms in total. The number of rotatable bonds is 6. The lowest BCUT2D eigenvalue weighted by Gasteiger charge is -2.08. The van der Waals surface area contributed by atoms with Gasteiger partial charge in [0.25, 0.3) is 0 Å². The molecule has 2 rings (SSSR count). The van der Waals surface area contributed by atoms with Gasteiger partial charge in [0.2, 0.25) is 0 Å². The number of alkyl halides is 3. The summed E-state index contributed by atoms with van der Waals surface area (Å²) in [7, 11) is 0. The second kappa shape index (κ2) is 5.74. The van der Waals surface area contributed by atoms with E-state index >= 15 is 0 Å². The lowest BCUT2D eigenvalue weighted by molar-refractivity contribution is -0.137. The van der Waals surface area contributed by atoms with Gasteiger partial charge in [-0.1, -0.05) is 25.0 Å². The molecule has 1 aromatic rings. The quantitative estimate of drug-likeness (QED) is 0.760. The zero-order valence-corrected chi connectivity index (χ0v) is 10.3. The molecule has 1 aliphatic carbocycles. The summed E-state index contributed by atoms with van der Waals surface area (Å²) in [5.41, 5.74) is 0.314. The van der Waals surface area contributed by atoms with Crippen LogP contribution in [0.15, 0.2) is 24.3 Å². The molecule has 0 amide bonds. The van der Waals surface area contributed by atoms with Crippen LogP contribution in [0.3, 0.4) is 0 Å². The lowest BCUT2D eigenvalue weighted by Crippen LogP contribution is -2.15. The first kappa shape index (κ1) is 13.4. The molecule has 0 atom stereocenters. The predicted octanol–water partition coefficient (Wildman–Crippen LogP) is 3.99. The topological polar surface area (TPSA) is 12.0 Å². The van der Waals surface area contributed by atoms with Crippen molar-refractivity contribution in [3.05, 3.63) is 35.4 Å². The first-order chi connectivity index (χ1) is 8.55. The van der Waals surface area contributed by atoms with E-state index < -0.39 is 11.7 Å². The normalized spacial score (nSPS) is 15.9. The maximum absolute atomic E-state index is 12.3. The Morgan fingerprint density at radius 2 is 1.78 bits per heavy atom. The van der Waals surface area contributed by atoms with Gasteiger partial charge in [-0.2, -0.15) is 13.2 Å². The van der Waals surface area contributed by atoms with Crippen LogP contribution in [0.1, 0.15) is 36.8 Å². The van der Waals surface area contributed by atoms with E-state index in [4.69, 9.17) is 0 Å². The van der Waals surface area contributed by atoms with E-state index in [0.29, 0.717) is 6.54 Å². The second-order valence-corrected chi connectivity index (χ2v) is 4.96. The summed E-state index contributed by atoms with van der Waals surface area (Å²) < 4.78 is 37.0. The smallest absolute Gasteiger partial charge is 0.313 e. The Hall–Kier alpha value is -1.03. The summed E-state index contributed by atoms with van der Waals surface area (Å²) in [5.74, 6) is 0.942. The fraction of sp³-hybridized carbons (Fsp3) is 0.571. The van der Waals surface area contributed by atoms with Gasteiger partial charge in [-0.3, -0.25) is 0 Å². The molecule has 1 saturated carbocycles. The number of benzene rings is 1. The van der Waals surface area contributed by atoms with Crippen LogP contribution in [0, 0.1) is 5.92 Å². The van der Waals surface area contributed by atoms with E-state index in [9.17, 15) is 13.2 Å². The van der Waals surface area contributed by atoms with Crippen molar-refractivity contribution < 1.29 is 13.2 Å². The zero-order valence-electron chi connectivity index (χ0n) is 10.3. The molecule has 0 unspecified atom stereocenters. The molecular formula is C14H18F3N. The van der Waals surface area contributed by atoms with Crippen LogP contribution < -0.4 is 5.32 Å². The molecule has 0 radical (unpaired) electrons. The summed E-state index contributed by atoms with van der Waals surface area (Å²) >= 11 is 0. The Bertz CT molecular complexity index is 366. The van der Waals surface area contributed by atoms with E-state index in [0.717, 1.165) is 36.6 Å². The van der Waals surface area contributed by atoms with Crippen LogP contribution in [0.4, 0.5) is 13.2 Å². The van der Waals surface area contributed by atoms with Crippen LogP contribution >= 0.6 is 0 Å².